The highest BCUT2D eigenvalue weighted by molar-refractivity contribution is 7.10. The van der Waals surface area contributed by atoms with Crippen molar-refractivity contribution in [3.63, 3.8) is 0 Å². The summed E-state index contributed by atoms with van der Waals surface area (Å²) >= 11 is 1.57. The topological polar surface area (TPSA) is 82.9 Å². The molecule has 1 fully saturated rings. The number of rotatable bonds is 9. The van der Waals surface area contributed by atoms with Crippen molar-refractivity contribution in [2.24, 2.45) is 5.92 Å². The zero-order valence-electron chi connectivity index (χ0n) is 20.3. The number of aliphatic carboxylic acids is 1. The van der Waals surface area contributed by atoms with Crippen molar-refractivity contribution in [1.82, 2.24) is 9.88 Å². The van der Waals surface area contributed by atoms with Crippen molar-refractivity contribution < 1.29 is 24.1 Å². The number of halogens is 1. The Hall–Kier alpha value is -2.99. The average Bonchev–Trinajstić information content (AvgIpc) is 3.40. The van der Waals surface area contributed by atoms with E-state index in [9.17, 15) is 15.0 Å². The average molecular weight is 511 g/mol. The first-order valence-electron chi connectivity index (χ1n) is 12.2. The van der Waals surface area contributed by atoms with E-state index in [2.05, 4.69) is 21.7 Å². The number of carboxylic acid groups (broad SMARTS) is 1. The number of alkyl halides is 1. The molecule has 4 rings (SSSR count). The highest BCUT2D eigenvalue weighted by atomic mass is 32.1. The van der Waals surface area contributed by atoms with Crippen LogP contribution in [0.1, 0.15) is 41.7 Å². The maximum Gasteiger partial charge on any atom is 0.303 e. The molecule has 3 unspecified atom stereocenters. The summed E-state index contributed by atoms with van der Waals surface area (Å²) in [5.74, 6) is 5.58. The fourth-order valence-electron chi connectivity index (χ4n) is 5.04. The molecule has 1 saturated heterocycles. The summed E-state index contributed by atoms with van der Waals surface area (Å²) in [6, 6.07) is 9.17. The van der Waals surface area contributed by atoms with Crippen LogP contribution >= 0.6 is 11.3 Å². The second-order valence-corrected chi connectivity index (χ2v) is 10.1. The van der Waals surface area contributed by atoms with Crippen molar-refractivity contribution in [1.29, 1.82) is 0 Å². The summed E-state index contributed by atoms with van der Waals surface area (Å²) in [7, 11) is 1.61. The lowest BCUT2D eigenvalue weighted by Crippen LogP contribution is -2.51. The van der Waals surface area contributed by atoms with Gasteiger partial charge in [-0.1, -0.05) is 17.9 Å². The lowest BCUT2D eigenvalue weighted by molar-refractivity contribution is -0.139. The molecule has 190 valence electrons. The Morgan fingerprint density at radius 2 is 2.22 bits per heavy atom. The number of likely N-dealkylation sites (tertiary alicyclic amines) is 1. The number of hydrogen-bond acceptors (Lipinski definition) is 6. The Balaban J connectivity index is 1.51. The van der Waals surface area contributed by atoms with Gasteiger partial charge in [0.1, 0.15) is 11.9 Å². The minimum atomic E-state index is -1.23. The second-order valence-electron chi connectivity index (χ2n) is 9.10. The van der Waals surface area contributed by atoms with Crippen LogP contribution in [0.4, 0.5) is 4.39 Å². The highest BCUT2D eigenvalue weighted by Gasteiger charge is 2.38. The van der Waals surface area contributed by atoms with Gasteiger partial charge in [-0.15, -0.1) is 11.3 Å². The van der Waals surface area contributed by atoms with E-state index in [-0.39, 0.29) is 13.0 Å². The molecule has 1 aliphatic rings. The minimum Gasteiger partial charge on any atom is -0.497 e. The van der Waals surface area contributed by atoms with Crippen molar-refractivity contribution in [3.05, 3.63) is 57.9 Å². The molecule has 0 amide bonds. The highest BCUT2D eigenvalue weighted by Crippen LogP contribution is 2.32. The van der Waals surface area contributed by atoms with Gasteiger partial charge in [0.05, 0.1) is 37.1 Å². The largest absolute Gasteiger partial charge is 0.497 e. The number of aliphatic hydroxyl groups excluding tert-OH is 1. The molecule has 0 spiro atoms. The molecule has 3 atom stereocenters. The third-order valence-electron chi connectivity index (χ3n) is 6.90. The number of fused-ring (bicyclic) bond motifs is 1. The summed E-state index contributed by atoms with van der Waals surface area (Å²) in [6.07, 6.45) is 2.70. The summed E-state index contributed by atoms with van der Waals surface area (Å²) in [4.78, 5) is 18.8. The van der Waals surface area contributed by atoms with Crippen molar-refractivity contribution in [2.45, 2.75) is 50.9 Å². The number of carboxylic acids is 1. The van der Waals surface area contributed by atoms with Crippen LogP contribution < -0.4 is 4.74 Å². The number of aromatic nitrogens is 1. The van der Waals surface area contributed by atoms with Crippen LogP contribution in [0.5, 0.6) is 5.75 Å². The van der Waals surface area contributed by atoms with Gasteiger partial charge in [0, 0.05) is 23.5 Å². The summed E-state index contributed by atoms with van der Waals surface area (Å²) in [6.45, 7) is 0.940. The first kappa shape index (κ1) is 26.1. The molecule has 0 saturated carbocycles. The van der Waals surface area contributed by atoms with Gasteiger partial charge < -0.3 is 14.9 Å². The molecular weight excluding hydrogens is 479 g/mol. The van der Waals surface area contributed by atoms with Gasteiger partial charge in [0.25, 0.3) is 0 Å². The number of benzene rings is 1. The molecule has 0 radical (unpaired) electrons. The van der Waals surface area contributed by atoms with Crippen LogP contribution in [-0.2, 0) is 17.8 Å². The molecule has 1 aromatic carbocycles. The van der Waals surface area contributed by atoms with E-state index in [1.54, 1.807) is 24.6 Å². The Bertz CT molecular complexity index is 1230. The number of aliphatic hydroxyl groups is 1. The van der Waals surface area contributed by atoms with Gasteiger partial charge in [-0.25, -0.2) is 4.39 Å². The van der Waals surface area contributed by atoms with Crippen LogP contribution in [0.2, 0.25) is 0 Å². The van der Waals surface area contributed by atoms with Gasteiger partial charge in [0.15, 0.2) is 0 Å². The Kier molecular flexibility index (Phi) is 8.92. The van der Waals surface area contributed by atoms with Gasteiger partial charge in [0.2, 0.25) is 0 Å². The lowest BCUT2D eigenvalue weighted by atomic mass is 9.84. The van der Waals surface area contributed by atoms with Crippen LogP contribution in [0.3, 0.4) is 0 Å². The molecule has 2 aromatic heterocycles. The smallest absolute Gasteiger partial charge is 0.303 e. The van der Waals surface area contributed by atoms with E-state index in [0.717, 1.165) is 26.9 Å². The van der Waals surface area contributed by atoms with E-state index in [0.29, 0.717) is 44.5 Å². The Morgan fingerprint density at radius 1 is 1.36 bits per heavy atom. The van der Waals surface area contributed by atoms with Gasteiger partial charge in [-0.3, -0.25) is 14.7 Å². The van der Waals surface area contributed by atoms with Crippen LogP contribution in [0.25, 0.3) is 10.9 Å². The molecule has 0 aliphatic carbocycles. The molecule has 0 bridgehead atoms. The number of thiophene rings is 1. The van der Waals surface area contributed by atoms with Crippen molar-refractivity contribution in [3.8, 4) is 17.6 Å². The predicted molar refractivity (Wildman–Crippen MR) is 139 cm³/mol. The maximum absolute atomic E-state index is 15.6. The second kappa shape index (κ2) is 12.3. The number of aryl methyl sites for hydroxylation is 1. The molecule has 6 nitrogen and oxygen atoms in total. The normalized spacial score (nSPS) is 20.1. The number of nitrogens with zero attached hydrogens (tertiary/aromatic N) is 2. The molecule has 36 heavy (non-hydrogen) atoms. The standard InChI is InChI=1S/C28H31FN2O4S/c1-35-21-9-10-25-24(16-21)23(20(18-32)17-30-25)7-2-8-26-28(29)19(15-27(33)34)11-13-31(26)12-3-5-22-6-4-14-36-22/h4,6,9-10,14,16-17,19,26,28,32H,2,7-8,11-13,15,18H2,1H3,(H,33,34). The van der Waals surface area contributed by atoms with Crippen LogP contribution in [-0.4, -0.2) is 58.5 Å². The molecule has 8 heteroatoms. The fourth-order valence-corrected chi connectivity index (χ4v) is 5.63. The maximum atomic E-state index is 15.6. The number of piperidine rings is 1. The lowest BCUT2D eigenvalue weighted by Gasteiger charge is -2.41. The zero-order valence-corrected chi connectivity index (χ0v) is 21.1. The quantitative estimate of drug-likeness (QED) is 0.407. The molecular formula is C28H31FN2O4S. The van der Waals surface area contributed by atoms with Crippen molar-refractivity contribution in [2.75, 3.05) is 20.2 Å². The fraction of sp³-hybridized carbons (Fsp3) is 0.429. The third-order valence-corrected chi connectivity index (χ3v) is 7.68. The van der Waals surface area contributed by atoms with Gasteiger partial charge in [-0.05, 0) is 73.0 Å². The van der Waals surface area contributed by atoms with Crippen LogP contribution in [0, 0.1) is 17.8 Å². The van der Waals surface area contributed by atoms with E-state index >= 15 is 4.39 Å². The number of ether oxygens (including phenoxy) is 1. The first-order valence-corrected chi connectivity index (χ1v) is 13.1. The van der Waals surface area contributed by atoms with Crippen molar-refractivity contribution >= 4 is 28.2 Å². The summed E-state index contributed by atoms with van der Waals surface area (Å²) in [5.41, 5.74) is 2.55. The van der Waals surface area contributed by atoms with Gasteiger partial charge in [-0.2, -0.15) is 0 Å². The Labute approximate surface area is 214 Å². The monoisotopic (exact) mass is 510 g/mol. The van der Waals surface area contributed by atoms with E-state index in [1.165, 1.54) is 0 Å². The molecule has 1 aliphatic heterocycles. The predicted octanol–water partition coefficient (Wildman–Crippen LogP) is 4.67. The van der Waals surface area contributed by atoms with E-state index in [4.69, 9.17) is 4.74 Å². The van der Waals surface area contributed by atoms with Crippen LogP contribution in [0.15, 0.2) is 41.9 Å². The number of hydrogen-bond donors (Lipinski definition) is 2. The third kappa shape index (κ3) is 6.22. The SMILES string of the molecule is COc1ccc2ncc(CO)c(CCCC3C(F)C(CC(=O)O)CCN3CC#Cc3cccs3)c2c1. The zero-order chi connectivity index (χ0) is 25.5. The first-order chi connectivity index (χ1) is 17.5. The van der Waals surface area contributed by atoms with E-state index < -0.39 is 24.1 Å². The molecule has 2 N–H and O–H groups in total. The summed E-state index contributed by atoms with van der Waals surface area (Å²) < 4.78 is 21.0. The molecule has 3 aromatic rings. The summed E-state index contributed by atoms with van der Waals surface area (Å²) in [5, 5.41) is 22.1. The number of carbonyl (C=O) groups is 1. The molecule has 3 heterocycles. The number of methoxy groups -OCH3 is 1. The minimum absolute atomic E-state index is 0.129. The van der Waals surface area contributed by atoms with E-state index in [1.807, 2.05) is 35.7 Å². The Morgan fingerprint density at radius 3 is 2.94 bits per heavy atom. The van der Waals surface area contributed by atoms with Gasteiger partial charge >= 0.3 is 5.97 Å². The number of pyridine rings is 1.